The molecule has 3 aromatic carbocycles. The monoisotopic (exact) mass is 498 g/mol. The highest BCUT2D eigenvalue weighted by Gasteiger charge is 2.64. The summed E-state index contributed by atoms with van der Waals surface area (Å²) in [4.78, 5) is 0. The Morgan fingerprint density at radius 2 is 1.84 bits per heavy atom. The minimum atomic E-state index is -0.581. The number of hydrogen-bond acceptors (Lipinski definition) is 5. The average Bonchev–Trinajstić information content (AvgIpc) is 3.63. The molecule has 3 aromatic rings. The first-order valence-corrected chi connectivity index (χ1v) is 13.1. The van der Waals surface area contributed by atoms with Crippen molar-refractivity contribution in [1.82, 2.24) is 0 Å². The van der Waals surface area contributed by atoms with Crippen LogP contribution in [0.1, 0.15) is 62.5 Å². The molecule has 5 nitrogen and oxygen atoms in total. The number of epoxide rings is 1. The molecule has 3 heterocycles. The second-order valence-electron chi connectivity index (χ2n) is 11.1. The Balaban J connectivity index is 1.30. The Morgan fingerprint density at radius 1 is 1.00 bits per heavy atom. The molecule has 2 unspecified atom stereocenters. The van der Waals surface area contributed by atoms with Gasteiger partial charge < -0.3 is 23.7 Å². The van der Waals surface area contributed by atoms with Crippen LogP contribution in [0.5, 0.6) is 23.0 Å². The lowest BCUT2D eigenvalue weighted by atomic mass is 9.87. The fourth-order valence-electron chi connectivity index (χ4n) is 5.09. The maximum absolute atomic E-state index is 6.44. The van der Waals surface area contributed by atoms with Gasteiger partial charge in [-0.05, 0) is 68.2 Å². The van der Waals surface area contributed by atoms with E-state index in [2.05, 4.69) is 64.1 Å². The zero-order valence-electron chi connectivity index (χ0n) is 22.0. The van der Waals surface area contributed by atoms with Gasteiger partial charge in [-0.25, -0.2) is 0 Å². The molecule has 3 aliphatic heterocycles. The molecule has 0 radical (unpaired) electrons. The molecule has 0 N–H and O–H groups in total. The van der Waals surface area contributed by atoms with Crippen molar-refractivity contribution in [2.75, 3.05) is 13.2 Å². The molecule has 0 saturated carbocycles. The summed E-state index contributed by atoms with van der Waals surface area (Å²) >= 11 is 0. The Hall–Kier alpha value is -3.44. The van der Waals surface area contributed by atoms with Crippen LogP contribution in [-0.2, 0) is 16.9 Å². The van der Waals surface area contributed by atoms with Gasteiger partial charge in [-0.1, -0.05) is 44.2 Å². The van der Waals surface area contributed by atoms with Crippen LogP contribution in [-0.4, -0.2) is 18.8 Å². The normalized spacial score (nSPS) is 22.2. The van der Waals surface area contributed by atoms with E-state index in [0.29, 0.717) is 25.7 Å². The van der Waals surface area contributed by atoms with Gasteiger partial charge in [-0.3, -0.25) is 0 Å². The van der Waals surface area contributed by atoms with Crippen molar-refractivity contribution in [1.29, 1.82) is 0 Å². The summed E-state index contributed by atoms with van der Waals surface area (Å²) < 4.78 is 31.4. The van der Waals surface area contributed by atoms with Crippen molar-refractivity contribution in [2.24, 2.45) is 5.92 Å². The van der Waals surface area contributed by atoms with Crippen molar-refractivity contribution in [3.05, 3.63) is 89.0 Å². The zero-order chi connectivity index (χ0) is 25.6. The van der Waals surface area contributed by atoms with Crippen LogP contribution in [0, 0.1) is 5.92 Å². The smallest absolute Gasteiger partial charge is 0.162 e. The first-order chi connectivity index (χ1) is 17.8. The van der Waals surface area contributed by atoms with Gasteiger partial charge >= 0.3 is 0 Å². The highest BCUT2D eigenvalue weighted by Crippen LogP contribution is 2.64. The van der Waals surface area contributed by atoms with E-state index in [-0.39, 0.29) is 11.7 Å². The van der Waals surface area contributed by atoms with Gasteiger partial charge in [0.25, 0.3) is 0 Å². The molecule has 6 rings (SSSR count). The van der Waals surface area contributed by atoms with Crippen molar-refractivity contribution >= 4 is 6.08 Å². The Morgan fingerprint density at radius 3 is 2.65 bits per heavy atom. The fourth-order valence-corrected chi connectivity index (χ4v) is 5.09. The Bertz CT molecular complexity index is 1330. The first-order valence-electron chi connectivity index (χ1n) is 13.1. The molecular weight excluding hydrogens is 464 g/mol. The molecular formula is C32H34O5. The van der Waals surface area contributed by atoms with E-state index < -0.39 is 5.60 Å². The number of benzene rings is 3. The molecule has 37 heavy (non-hydrogen) atoms. The number of rotatable bonds is 8. The SMILES string of the molecule is CC(C)CCOc1ccc(C23COc4c(ccc5c4C=CC(C)(C)O5)C2O3)c(OCc2ccccc2)c1. The highest BCUT2D eigenvalue weighted by molar-refractivity contribution is 5.71. The Kier molecular flexibility index (Phi) is 5.91. The van der Waals surface area contributed by atoms with Crippen LogP contribution in [0.3, 0.4) is 0 Å². The molecule has 3 aliphatic rings. The molecule has 1 saturated heterocycles. The van der Waals surface area contributed by atoms with E-state index in [9.17, 15) is 0 Å². The van der Waals surface area contributed by atoms with Crippen LogP contribution in [0.4, 0.5) is 0 Å². The summed E-state index contributed by atoms with van der Waals surface area (Å²) in [5, 5.41) is 0. The first kappa shape index (κ1) is 23.9. The zero-order valence-corrected chi connectivity index (χ0v) is 22.0. The van der Waals surface area contributed by atoms with Crippen molar-refractivity contribution in [3.8, 4) is 23.0 Å². The van der Waals surface area contributed by atoms with Crippen LogP contribution in [0.2, 0.25) is 0 Å². The number of fused-ring (bicyclic) bond motifs is 5. The fraction of sp³-hybridized carbons (Fsp3) is 0.375. The molecule has 0 aliphatic carbocycles. The van der Waals surface area contributed by atoms with Crippen LogP contribution >= 0.6 is 0 Å². The minimum absolute atomic E-state index is 0.100. The third-order valence-electron chi connectivity index (χ3n) is 7.23. The van der Waals surface area contributed by atoms with E-state index in [1.165, 1.54) is 0 Å². The van der Waals surface area contributed by atoms with Gasteiger partial charge in [0.15, 0.2) is 5.60 Å². The van der Waals surface area contributed by atoms with Crippen LogP contribution < -0.4 is 18.9 Å². The van der Waals surface area contributed by atoms with Gasteiger partial charge in [0.2, 0.25) is 0 Å². The maximum atomic E-state index is 6.44. The van der Waals surface area contributed by atoms with E-state index in [4.69, 9.17) is 23.7 Å². The minimum Gasteiger partial charge on any atom is -0.493 e. The predicted molar refractivity (Wildman–Crippen MR) is 143 cm³/mol. The summed E-state index contributed by atoms with van der Waals surface area (Å²) in [6, 6.07) is 20.4. The third-order valence-corrected chi connectivity index (χ3v) is 7.23. The second kappa shape index (κ2) is 9.14. The number of hydrogen-bond donors (Lipinski definition) is 0. The highest BCUT2D eigenvalue weighted by atomic mass is 16.6. The molecule has 0 aromatic heterocycles. The summed E-state index contributed by atoms with van der Waals surface area (Å²) in [7, 11) is 0. The molecule has 2 atom stereocenters. The average molecular weight is 499 g/mol. The maximum Gasteiger partial charge on any atom is 0.162 e. The molecule has 192 valence electrons. The van der Waals surface area contributed by atoms with Gasteiger partial charge in [-0.15, -0.1) is 0 Å². The lowest BCUT2D eigenvalue weighted by molar-refractivity contribution is 0.155. The summed E-state index contributed by atoms with van der Waals surface area (Å²) in [5.74, 6) is 3.85. The molecule has 0 amide bonds. The van der Waals surface area contributed by atoms with Gasteiger partial charge in [-0.2, -0.15) is 0 Å². The number of ether oxygens (including phenoxy) is 5. The summed E-state index contributed by atoms with van der Waals surface area (Å²) in [5.41, 5.74) is 3.21. The summed E-state index contributed by atoms with van der Waals surface area (Å²) in [6.45, 7) is 10.1. The lowest BCUT2D eigenvalue weighted by Crippen LogP contribution is -2.29. The molecule has 0 spiro atoms. The lowest BCUT2D eigenvalue weighted by Gasteiger charge is -2.31. The topological polar surface area (TPSA) is 49.5 Å². The molecule has 0 bridgehead atoms. The van der Waals surface area contributed by atoms with Crippen LogP contribution in [0.15, 0.2) is 66.7 Å². The van der Waals surface area contributed by atoms with Crippen molar-refractivity contribution < 1.29 is 23.7 Å². The van der Waals surface area contributed by atoms with Gasteiger partial charge in [0.05, 0.1) is 12.2 Å². The molecule has 1 fully saturated rings. The predicted octanol–water partition coefficient (Wildman–Crippen LogP) is 7.23. The standard InChI is InChI=1S/C32H34O5/c1-21(2)15-17-33-23-10-12-26(28(18-23)34-19-22-8-6-5-7-9-22)32-20-35-29-24-14-16-31(3,4)36-27(24)13-11-25(29)30(32)37-32/h5-14,16,18,21,30H,15,17,19-20H2,1-4H3. The van der Waals surface area contributed by atoms with E-state index >= 15 is 0 Å². The Labute approximate surface area is 219 Å². The third kappa shape index (κ3) is 4.57. The van der Waals surface area contributed by atoms with Gasteiger partial charge in [0, 0.05) is 17.2 Å². The quantitative estimate of drug-likeness (QED) is 0.307. The second-order valence-corrected chi connectivity index (χ2v) is 11.1. The van der Waals surface area contributed by atoms with E-state index in [1.54, 1.807) is 0 Å². The van der Waals surface area contributed by atoms with Crippen LogP contribution in [0.25, 0.3) is 6.08 Å². The van der Waals surface area contributed by atoms with E-state index in [0.717, 1.165) is 51.7 Å². The van der Waals surface area contributed by atoms with Crippen molar-refractivity contribution in [2.45, 2.75) is 58.0 Å². The summed E-state index contributed by atoms with van der Waals surface area (Å²) in [6.07, 6.45) is 5.07. The largest absolute Gasteiger partial charge is 0.493 e. The van der Waals surface area contributed by atoms with E-state index in [1.807, 2.05) is 36.4 Å². The van der Waals surface area contributed by atoms with Gasteiger partial charge in [0.1, 0.15) is 47.9 Å². The molecule has 5 heteroatoms. The van der Waals surface area contributed by atoms with Crippen molar-refractivity contribution in [3.63, 3.8) is 0 Å².